The fourth-order valence-corrected chi connectivity index (χ4v) is 2.72. The van der Waals surface area contributed by atoms with Crippen molar-refractivity contribution in [1.29, 1.82) is 0 Å². The molecular weight excluding hydrogens is 178 g/mol. The molecule has 3 N–H and O–H groups in total. The van der Waals surface area contributed by atoms with Crippen LogP contribution < -0.4 is 5.73 Å². The molecule has 0 aromatic carbocycles. The van der Waals surface area contributed by atoms with E-state index in [1.807, 2.05) is 6.92 Å². The van der Waals surface area contributed by atoms with Gasteiger partial charge in [-0.05, 0) is 37.0 Å². The van der Waals surface area contributed by atoms with Crippen LogP contribution in [-0.2, 0) is 4.79 Å². The molecule has 0 aromatic rings. The Bertz CT molecular complexity index is 235. The number of carboxylic acids is 1. The van der Waals surface area contributed by atoms with Crippen molar-refractivity contribution in [3.63, 3.8) is 0 Å². The van der Waals surface area contributed by atoms with Crippen LogP contribution in [0.25, 0.3) is 0 Å². The van der Waals surface area contributed by atoms with E-state index in [0.29, 0.717) is 0 Å². The minimum absolute atomic E-state index is 0.0274. The van der Waals surface area contributed by atoms with Crippen molar-refractivity contribution in [2.24, 2.45) is 16.6 Å². The van der Waals surface area contributed by atoms with Crippen molar-refractivity contribution in [3.8, 4) is 0 Å². The van der Waals surface area contributed by atoms with Gasteiger partial charge in [0.05, 0.1) is 6.42 Å². The van der Waals surface area contributed by atoms with E-state index in [-0.39, 0.29) is 23.3 Å². The van der Waals surface area contributed by atoms with Gasteiger partial charge in [-0.3, -0.25) is 4.79 Å². The number of rotatable bonds is 3. The smallest absolute Gasteiger partial charge is 0.303 e. The van der Waals surface area contributed by atoms with E-state index in [4.69, 9.17) is 10.8 Å². The summed E-state index contributed by atoms with van der Waals surface area (Å²) >= 11 is 0. The highest BCUT2D eigenvalue weighted by atomic mass is 16.4. The van der Waals surface area contributed by atoms with Crippen LogP contribution in [0.2, 0.25) is 0 Å². The van der Waals surface area contributed by atoms with Crippen LogP contribution in [0.3, 0.4) is 0 Å². The summed E-state index contributed by atoms with van der Waals surface area (Å²) < 4.78 is 0. The Kier molecular flexibility index (Phi) is 2.91. The third-order valence-corrected chi connectivity index (χ3v) is 3.60. The minimum atomic E-state index is -0.722. The van der Waals surface area contributed by atoms with Crippen LogP contribution in [0.5, 0.6) is 0 Å². The van der Waals surface area contributed by atoms with E-state index >= 15 is 0 Å². The highest BCUT2D eigenvalue weighted by molar-refractivity contribution is 5.68. The van der Waals surface area contributed by atoms with Crippen molar-refractivity contribution >= 4 is 5.97 Å². The molecule has 1 fully saturated rings. The molecule has 0 aromatic heterocycles. The van der Waals surface area contributed by atoms with E-state index < -0.39 is 5.97 Å². The average Bonchev–Trinajstić information content (AvgIpc) is 2.26. The number of hydrogen-bond donors (Lipinski definition) is 2. The van der Waals surface area contributed by atoms with Crippen molar-refractivity contribution in [3.05, 3.63) is 0 Å². The van der Waals surface area contributed by atoms with Gasteiger partial charge in [0.25, 0.3) is 0 Å². The molecule has 2 unspecified atom stereocenters. The first-order valence-corrected chi connectivity index (χ1v) is 5.25. The second-order valence-electron chi connectivity index (χ2n) is 5.56. The molecule has 82 valence electrons. The molecular formula is C11H21NO2. The Hall–Kier alpha value is -0.570. The first kappa shape index (κ1) is 11.5. The lowest BCUT2D eigenvalue weighted by Crippen LogP contribution is -2.40. The lowest BCUT2D eigenvalue weighted by atomic mass is 9.74. The number of carboxylic acid groups (broad SMARTS) is 1. The average molecular weight is 199 g/mol. The van der Waals surface area contributed by atoms with E-state index in [2.05, 4.69) is 13.8 Å². The molecule has 0 radical (unpaired) electrons. The molecule has 1 saturated carbocycles. The zero-order chi connectivity index (χ0) is 11.0. The van der Waals surface area contributed by atoms with Gasteiger partial charge in [0.2, 0.25) is 0 Å². The van der Waals surface area contributed by atoms with E-state index in [1.54, 1.807) is 0 Å². The second kappa shape index (κ2) is 3.54. The van der Waals surface area contributed by atoms with Gasteiger partial charge < -0.3 is 10.8 Å². The van der Waals surface area contributed by atoms with Crippen LogP contribution in [0.4, 0.5) is 0 Å². The first-order valence-electron chi connectivity index (χ1n) is 5.25. The summed E-state index contributed by atoms with van der Waals surface area (Å²) in [4.78, 5) is 10.8. The molecule has 2 atom stereocenters. The van der Waals surface area contributed by atoms with E-state index in [1.165, 1.54) is 0 Å². The van der Waals surface area contributed by atoms with Gasteiger partial charge in [0, 0.05) is 6.04 Å². The lowest BCUT2D eigenvalue weighted by molar-refractivity contribution is -0.140. The Morgan fingerprint density at radius 3 is 2.36 bits per heavy atom. The van der Waals surface area contributed by atoms with Gasteiger partial charge in [-0.15, -0.1) is 0 Å². The van der Waals surface area contributed by atoms with E-state index in [0.717, 1.165) is 19.3 Å². The molecule has 3 heteroatoms. The Balaban J connectivity index is 2.80. The molecule has 3 nitrogen and oxygen atoms in total. The summed E-state index contributed by atoms with van der Waals surface area (Å²) in [6.45, 7) is 6.32. The quantitative estimate of drug-likeness (QED) is 0.730. The molecule has 14 heavy (non-hydrogen) atoms. The third kappa shape index (κ3) is 2.27. The Morgan fingerprint density at radius 1 is 1.50 bits per heavy atom. The molecule has 0 bridgehead atoms. The molecule has 1 aliphatic rings. The standard InChI is InChI=1S/C11H21NO2/c1-8(12)11(6-9(13)14)5-4-10(2,3)7-11/h8H,4-7,12H2,1-3H3,(H,13,14). The molecule has 1 rings (SSSR count). The molecule has 0 saturated heterocycles. The van der Waals surface area contributed by atoms with Crippen LogP contribution in [0.15, 0.2) is 0 Å². The fourth-order valence-electron chi connectivity index (χ4n) is 2.72. The highest BCUT2D eigenvalue weighted by Gasteiger charge is 2.46. The predicted octanol–water partition coefficient (Wildman–Crippen LogP) is 2.00. The Labute approximate surface area is 85.7 Å². The largest absolute Gasteiger partial charge is 0.481 e. The van der Waals surface area contributed by atoms with Crippen molar-refractivity contribution in [2.45, 2.75) is 52.5 Å². The van der Waals surface area contributed by atoms with Gasteiger partial charge in [0.15, 0.2) is 0 Å². The summed E-state index contributed by atoms with van der Waals surface area (Å²) in [7, 11) is 0. The maximum Gasteiger partial charge on any atom is 0.303 e. The number of carbonyl (C=O) groups is 1. The molecule has 0 spiro atoms. The molecule has 0 aliphatic heterocycles. The summed E-state index contributed by atoms with van der Waals surface area (Å²) in [5, 5.41) is 8.90. The highest BCUT2D eigenvalue weighted by Crippen LogP contribution is 2.52. The second-order valence-corrected chi connectivity index (χ2v) is 5.56. The van der Waals surface area contributed by atoms with Crippen LogP contribution in [0, 0.1) is 10.8 Å². The summed E-state index contributed by atoms with van der Waals surface area (Å²) in [6, 6.07) is -0.0274. The van der Waals surface area contributed by atoms with Gasteiger partial charge in [-0.2, -0.15) is 0 Å². The molecule has 1 aliphatic carbocycles. The zero-order valence-electron chi connectivity index (χ0n) is 9.34. The molecule has 0 amide bonds. The lowest BCUT2D eigenvalue weighted by Gasteiger charge is -2.33. The topological polar surface area (TPSA) is 63.3 Å². The maximum absolute atomic E-state index is 10.8. The summed E-state index contributed by atoms with van der Waals surface area (Å²) in [5.41, 5.74) is 6.02. The number of nitrogens with two attached hydrogens (primary N) is 1. The SMILES string of the molecule is CC(N)C1(CC(=O)O)CCC(C)(C)C1. The zero-order valence-corrected chi connectivity index (χ0v) is 9.34. The number of hydrogen-bond acceptors (Lipinski definition) is 2. The van der Waals surface area contributed by atoms with Crippen LogP contribution in [-0.4, -0.2) is 17.1 Å². The van der Waals surface area contributed by atoms with Gasteiger partial charge in [-0.1, -0.05) is 13.8 Å². The minimum Gasteiger partial charge on any atom is -0.481 e. The van der Waals surface area contributed by atoms with Gasteiger partial charge >= 0.3 is 5.97 Å². The fraction of sp³-hybridized carbons (Fsp3) is 0.909. The van der Waals surface area contributed by atoms with Crippen molar-refractivity contribution < 1.29 is 9.90 Å². The van der Waals surface area contributed by atoms with Crippen LogP contribution in [0.1, 0.15) is 46.5 Å². The maximum atomic E-state index is 10.8. The van der Waals surface area contributed by atoms with Crippen molar-refractivity contribution in [2.75, 3.05) is 0 Å². The van der Waals surface area contributed by atoms with Crippen molar-refractivity contribution in [1.82, 2.24) is 0 Å². The first-order chi connectivity index (χ1) is 6.27. The van der Waals surface area contributed by atoms with Crippen LogP contribution >= 0.6 is 0 Å². The summed E-state index contributed by atoms with van der Waals surface area (Å²) in [6.07, 6.45) is 3.18. The molecule has 0 heterocycles. The monoisotopic (exact) mass is 199 g/mol. The third-order valence-electron chi connectivity index (χ3n) is 3.60. The summed E-state index contributed by atoms with van der Waals surface area (Å²) in [5.74, 6) is -0.722. The normalized spacial score (nSPS) is 32.9. The van der Waals surface area contributed by atoms with Gasteiger partial charge in [0.1, 0.15) is 0 Å². The number of aliphatic carboxylic acids is 1. The van der Waals surface area contributed by atoms with E-state index in [9.17, 15) is 4.79 Å². The Morgan fingerprint density at radius 2 is 2.07 bits per heavy atom. The van der Waals surface area contributed by atoms with Gasteiger partial charge in [-0.25, -0.2) is 0 Å². The predicted molar refractivity (Wildman–Crippen MR) is 56.0 cm³/mol.